The van der Waals surface area contributed by atoms with Gasteiger partial charge in [-0.15, -0.1) is 0 Å². The molecule has 3 rings (SSSR count). The Bertz CT molecular complexity index is 922. The molecule has 2 aromatic carbocycles. The van der Waals surface area contributed by atoms with Crippen molar-refractivity contribution in [2.24, 2.45) is 0 Å². The Labute approximate surface area is 141 Å². The van der Waals surface area contributed by atoms with Crippen molar-refractivity contribution in [2.45, 2.75) is 18.7 Å². The number of para-hydroxylation sites is 1. The number of amides is 1. The Hall–Kier alpha value is -2.54. The first-order valence-corrected chi connectivity index (χ1v) is 8.90. The minimum Gasteiger partial charge on any atom is -0.481 e. The second-order valence-corrected chi connectivity index (χ2v) is 7.42. The van der Waals surface area contributed by atoms with Crippen molar-refractivity contribution < 1.29 is 17.9 Å². The zero-order valence-electron chi connectivity index (χ0n) is 13.7. The van der Waals surface area contributed by atoms with E-state index < -0.39 is 10.0 Å². The Morgan fingerprint density at radius 3 is 2.67 bits per heavy atom. The lowest BCUT2D eigenvalue weighted by atomic mass is 10.2. The lowest BCUT2D eigenvalue weighted by Gasteiger charge is -2.28. The van der Waals surface area contributed by atoms with Crippen molar-refractivity contribution in [2.75, 3.05) is 23.3 Å². The Morgan fingerprint density at radius 1 is 1.17 bits per heavy atom. The number of nitrogens with zero attached hydrogens (tertiary/aromatic N) is 1. The summed E-state index contributed by atoms with van der Waals surface area (Å²) in [5, 5.41) is 0. The van der Waals surface area contributed by atoms with Gasteiger partial charge in [0.15, 0.2) is 6.61 Å². The highest BCUT2D eigenvalue weighted by Gasteiger charge is 2.27. The van der Waals surface area contributed by atoms with E-state index in [-0.39, 0.29) is 17.4 Å². The summed E-state index contributed by atoms with van der Waals surface area (Å²) in [6.07, 6.45) is 0. The van der Waals surface area contributed by atoms with Crippen LogP contribution in [0.5, 0.6) is 5.75 Å². The summed E-state index contributed by atoms with van der Waals surface area (Å²) in [5.74, 6) is 0.235. The molecule has 6 nitrogen and oxygen atoms in total. The van der Waals surface area contributed by atoms with Crippen LogP contribution in [0, 0.1) is 13.8 Å². The maximum absolute atomic E-state index is 12.8. The van der Waals surface area contributed by atoms with Gasteiger partial charge in [0.05, 0.1) is 10.6 Å². The lowest BCUT2D eigenvalue weighted by Crippen LogP contribution is -2.36. The number of carbonyl (C=O) groups is 1. The molecule has 0 aliphatic carbocycles. The van der Waals surface area contributed by atoms with Crippen molar-refractivity contribution in [3.63, 3.8) is 0 Å². The summed E-state index contributed by atoms with van der Waals surface area (Å²) in [4.78, 5) is 13.5. The molecule has 0 saturated heterocycles. The fraction of sp³-hybridized carbons (Fsp3) is 0.235. The third-order valence-corrected chi connectivity index (χ3v) is 5.44. The van der Waals surface area contributed by atoms with E-state index in [0.29, 0.717) is 22.7 Å². The van der Waals surface area contributed by atoms with Crippen LogP contribution in [0.15, 0.2) is 41.3 Å². The molecular formula is C17H18N2O4S. The first-order chi connectivity index (χ1) is 11.3. The fourth-order valence-corrected chi connectivity index (χ4v) is 4.02. The van der Waals surface area contributed by atoms with Gasteiger partial charge in [0.1, 0.15) is 11.4 Å². The summed E-state index contributed by atoms with van der Waals surface area (Å²) in [5.41, 5.74) is 2.23. The molecule has 0 aromatic heterocycles. The van der Waals surface area contributed by atoms with Gasteiger partial charge in [0.2, 0.25) is 0 Å². The van der Waals surface area contributed by atoms with E-state index >= 15 is 0 Å². The molecule has 1 heterocycles. The molecule has 0 atom stereocenters. The Kier molecular flexibility index (Phi) is 3.96. The summed E-state index contributed by atoms with van der Waals surface area (Å²) in [6.45, 7) is 3.52. The van der Waals surface area contributed by atoms with Crippen LogP contribution in [0.1, 0.15) is 11.1 Å². The second kappa shape index (κ2) is 5.83. The number of hydrogen-bond donors (Lipinski definition) is 1. The number of likely N-dealkylation sites (N-methyl/N-ethyl adjacent to an activating group) is 1. The number of anilines is 2. The van der Waals surface area contributed by atoms with Crippen molar-refractivity contribution in [1.82, 2.24) is 0 Å². The van der Waals surface area contributed by atoms with Crippen LogP contribution in [0.2, 0.25) is 0 Å². The maximum atomic E-state index is 12.8. The molecule has 2 aromatic rings. The number of ether oxygens (including phenoxy) is 1. The molecule has 126 valence electrons. The normalized spacial score (nSPS) is 14.1. The van der Waals surface area contributed by atoms with E-state index in [1.54, 1.807) is 44.3 Å². The maximum Gasteiger partial charge on any atom is 0.264 e. The SMILES string of the molecule is Cc1ccc(C)c(S(=O)(=O)Nc2cccc3c2N(C)C(=O)CO3)c1. The minimum atomic E-state index is -3.78. The van der Waals surface area contributed by atoms with Crippen LogP contribution in [-0.4, -0.2) is 28.0 Å². The molecule has 0 fully saturated rings. The molecular weight excluding hydrogens is 328 g/mol. The third kappa shape index (κ3) is 2.82. The number of rotatable bonds is 3. The van der Waals surface area contributed by atoms with Crippen LogP contribution in [0.4, 0.5) is 11.4 Å². The summed E-state index contributed by atoms with van der Waals surface area (Å²) >= 11 is 0. The number of fused-ring (bicyclic) bond motifs is 1. The molecule has 7 heteroatoms. The Balaban J connectivity index is 2.06. The van der Waals surface area contributed by atoms with Gasteiger partial charge in [0.25, 0.3) is 15.9 Å². The molecule has 0 radical (unpaired) electrons. The van der Waals surface area contributed by atoms with E-state index in [0.717, 1.165) is 5.56 Å². The van der Waals surface area contributed by atoms with E-state index in [1.807, 2.05) is 13.0 Å². The smallest absolute Gasteiger partial charge is 0.264 e. The van der Waals surface area contributed by atoms with E-state index in [2.05, 4.69) is 4.72 Å². The van der Waals surface area contributed by atoms with Crippen LogP contribution in [-0.2, 0) is 14.8 Å². The number of aryl methyl sites for hydroxylation is 2. The van der Waals surface area contributed by atoms with E-state index in [1.165, 1.54) is 4.90 Å². The van der Waals surface area contributed by atoms with Crippen molar-refractivity contribution >= 4 is 27.3 Å². The topological polar surface area (TPSA) is 75.7 Å². The molecule has 0 spiro atoms. The first-order valence-electron chi connectivity index (χ1n) is 7.42. The van der Waals surface area contributed by atoms with Gasteiger partial charge in [-0.25, -0.2) is 8.42 Å². The quantitative estimate of drug-likeness (QED) is 0.926. The Morgan fingerprint density at radius 2 is 1.92 bits per heavy atom. The van der Waals surface area contributed by atoms with Crippen LogP contribution < -0.4 is 14.4 Å². The summed E-state index contributed by atoms with van der Waals surface area (Å²) in [7, 11) is -2.19. The average molecular weight is 346 g/mol. The summed E-state index contributed by atoms with van der Waals surface area (Å²) < 4.78 is 33.6. The zero-order chi connectivity index (χ0) is 17.5. The van der Waals surface area contributed by atoms with Gasteiger partial charge in [-0.05, 0) is 43.2 Å². The van der Waals surface area contributed by atoms with Crippen molar-refractivity contribution in [3.8, 4) is 5.75 Å². The van der Waals surface area contributed by atoms with Crippen molar-refractivity contribution in [1.29, 1.82) is 0 Å². The number of nitrogens with one attached hydrogen (secondary N) is 1. The molecule has 0 bridgehead atoms. The number of benzene rings is 2. The number of hydrogen-bond acceptors (Lipinski definition) is 4. The number of sulfonamides is 1. The van der Waals surface area contributed by atoms with E-state index in [4.69, 9.17) is 4.74 Å². The highest BCUT2D eigenvalue weighted by Crippen LogP contribution is 2.39. The molecule has 1 N–H and O–H groups in total. The number of carbonyl (C=O) groups excluding carboxylic acids is 1. The van der Waals surface area contributed by atoms with Gasteiger partial charge in [-0.2, -0.15) is 0 Å². The van der Waals surface area contributed by atoms with Gasteiger partial charge < -0.3 is 9.64 Å². The van der Waals surface area contributed by atoms with Crippen LogP contribution in [0.25, 0.3) is 0 Å². The largest absolute Gasteiger partial charge is 0.481 e. The molecule has 1 aliphatic heterocycles. The predicted molar refractivity (Wildman–Crippen MR) is 92.1 cm³/mol. The summed E-state index contributed by atoms with van der Waals surface area (Å²) in [6, 6.07) is 10.2. The monoisotopic (exact) mass is 346 g/mol. The first kappa shape index (κ1) is 16.3. The highest BCUT2D eigenvalue weighted by atomic mass is 32.2. The minimum absolute atomic E-state index is 0.0588. The highest BCUT2D eigenvalue weighted by molar-refractivity contribution is 7.92. The second-order valence-electron chi connectivity index (χ2n) is 5.77. The van der Waals surface area contributed by atoms with Crippen molar-refractivity contribution in [3.05, 3.63) is 47.5 Å². The molecule has 24 heavy (non-hydrogen) atoms. The molecule has 1 aliphatic rings. The standard InChI is InChI=1S/C17H18N2O4S/c1-11-7-8-12(2)15(9-11)24(21,22)18-13-5-4-6-14-17(13)19(3)16(20)10-23-14/h4-9,18H,10H2,1-3H3. The van der Waals surface area contributed by atoms with Gasteiger partial charge in [-0.1, -0.05) is 18.2 Å². The van der Waals surface area contributed by atoms with Crippen LogP contribution >= 0.6 is 0 Å². The molecule has 1 amide bonds. The third-order valence-electron chi connectivity index (χ3n) is 3.94. The van der Waals surface area contributed by atoms with Gasteiger partial charge >= 0.3 is 0 Å². The zero-order valence-corrected chi connectivity index (χ0v) is 14.5. The van der Waals surface area contributed by atoms with E-state index in [9.17, 15) is 13.2 Å². The molecule has 0 saturated carbocycles. The fourth-order valence-electron chi connectivity index (χ4n) is 2.62. The van der Waals surface area contributed by atoms with Gasteiger partial charge in [-0.3, -0.25) is 9.52 Å². The molecule has 0 unspecified atom stereocenters. The van der Waals surface area contributed by atoms with Crippen LogP contribution in [0.3, 0.4) is 0 Å². The lowest BCUT2D eigenvalue weighted by molar-refractivity contribution is -0.120. The van der Waals surface area contributed by atoms with Gasteiger partial charge in [0, 0.05) is 7.05 Å². The predicted octanol–water partition coefficient (Wildman–Crippen LogP) is 2.46. The average Bonchev–Trinajstić information content (AvgIpc) is 2.53.